The Hall–Kier alpha value is -3.18. The molecule has 30 heavy (non-hydrogen) atoms. The third-order valence-electron chi connectivity index (χ3n) is 5.47. The molecule has 0 bridgehead atoms. The number of ether oxygens (including phenoxy) is 1. The van der Waals surface area contributed by atoms with Gasteiger partial charge in [0, 0.05) is 45.4 Å². The zero-order valence-electron chi connectivity index (χ0n) is 16.2. The van der Waals surface area contributed by atoms with Crippen LogP contribution >= 0.6 is 11.3 Å². The summed E-state index contributed by atoms with van der Waals surface area (Å²) >= 11 is 1.42. The number of amides is 1. The van der Waals surface area contributed by atoms with E-state index >= 15 is 0 Å². The van der Waals surface area contributed by atoms with Crippen molar-refractivity contribution < 1.29 is 9.53 Å². The molecule has 4 aromatic heterocycles. The highest BCUT2D eigenvalue weighted by atomic mass is 32.1. The summed E-state index contributed by atoms with van der Waals surface area (Å²) in [6.07, 6.45) is 7.32. The van der Waals surface area contributed by atoms with Crippen molar-refractivity contribution in [2.45, 2.75) is 31.5 Å². The smallest absolute Gasteiger partial charge is 0.262 e. The van der Waals surface area contributed by atoms with E-state index in [0.717, 1.165) is 0 Å². The zero-order chi connectivity index (χ0) is 20.7. The fourth-order valence-electron chi connectivity index (χ4n) is 3.90. The number of carbonyl (C=O) groups excluding carboxylic acids is 1. The number of hydrogen-bond acceptors (Lipinski definition) is 8. The fraction of sp³-hybridized carbons (Fsp3) is 0.368. The minimum atomic E-state index is -0.256. The Morgan fingerprint density at radius 1 is 1.37 bits per heavy atom. The highest BCUT2D eigenvalue weighted by Crippen LogP contribution is 2.33. The summed E-state index contributed by atoms with van der Waals surface area (Å²) in [7, 11) is 1.64. The van der Waals surface area contributed by atoms with E-state index in [4.69, 9.17) is 4.74 Å². The molecule has 1 fully saturated rings. The van der Waals surface area contributed by atoms with E-state index in [2.05, 4.69) is 20.2 Å². The van der Waals surface area contributed by atoms with Crippen LogP contribution in [-0.4, -0.2) is 59.7 Å². The Morgan fingerprint density at radius 2 is 2.27 bits per heavy atom. The standard InChI is InChI=1S/C19H19N7O3S/c1-29-12-8-14(17-23-22-15-9-20-4-6-25(15)17)26(10-12)16(27)2-5-24-11-21-18-13(19(24)28)3-7-30-18/h3-4,6-7,9,11-12,14H,2,5,8,10H2,1H3/t12-,14+/m1/s1. The number of likely N-dealkylation sites (tertiary alicyclic amines) is 1. The summed E-state index contributed by atoms with van der Waals surface area (Å²) in [5.74, 6) is 0.612. The molecule has 1 amide bonds. The highest BCUT2D eigenvalue weighted by molar-refractivity contribution is 7.16. The van der Waals surface area contributed by atoms with E-state index in [1.807, 2.05) is 9.78 Å². The third-order valence-corrected chi connectivity index (χ3v) is 6.29. The lowest BCUT2D eigenvalue weighted by molar-refractivity contribution is -0.132. The molecule has 1 aliphatic heterocycles. The molecular formula is C19H19N7O3S. The molecule has 5 rings (SSSR count). The molecule has 5 heterocycles. The van der Waals surface area contributed by atoms with Gasteiger partial charge in [-0.05, 0) is 11.4 Å². The van der Waals surface area contributed by atoms with Crippen molar-refractivity contribution in [2.24, 2.45) is 0 Å². The van der Waals surface area contributed by atoms with Crippen molar-refractivity contribution >= 4 is 33.1 Å². The fourth-order valence-corrected chi connectivity index (χ4v) is 4.62. The van der Waals surface area contributed by atoms with E-state index in [-0.39, 0.29) is 36.6 Å². The van der Waals surface area contributed by atoms with Gasteiger partial charge in [0.2, 0.25) is 5.91 Å². The van der Waals surface area contributed by atoms with Crippen molar-refractivity contribution in [2.75, 3.05) is 13.7 Å². The number of aromatic nitrogens is 6. The number of hydrogen-bond donors (Lipinski definition) is 0. The maximum Gasteiger partial charge on any atom is 0.262 e. The SMILES string of the molecule is CO[C@@H]1C[C@@H](c2nnc3cnccn23)N(C(=O)CCn2cnc3sccc3c2=O)C1. The predicted octanol–water partition coefficient (Wildman–Crippen LogP) is 1.27. The molecule has 0 aliphatic carbocycles. The maximum atomic E-state index is 13.1. The number of methoxy groups -OCH3 is 1. The molecule has 154 valence electrons. The molecule has 1 aliphatic rings. The molecule has 11 heteroatoms. The van der Waals surface area contributed by atoms with Gasteiger partial charge in [0.1, 0.15) is 4.83 Å². The number of nitrogens with zero attached hydrogens (tertiary/aromatic N) is 7. The van der Waals surface area contributed by atoms with E-state index < -0.39 is 0 Å². The van der Waals surface area contributed by atoms with Gasteiger partial charge in [0.05, 0.1) is 30.1 Å². The first-order valence-electron chi connectivity index (χ1n) is 9.55. The Morgan fingerprint density at radius 3 is 3.13 bits per heavy atom. The number of fused-ring (bicyclic) bond motifs is 2. The molecular weight excluding hydrogens is 406 g/mol. The summed E-state index contributed by atoms with van der Waals surface area (Å²) in [4.78, 5) is 36.5. The van der Waals surface area contributed by atoms with Crippen molar-refractivity contribution in [1.82, 2.24) is 34.0 Å². The molecule has 0 unspecified atom stereocenters. The molecule has 0 aromatic carbocycles. The molecule has 10 nitrogen and oxygen atoms in total. The molecule has 0 N–H and O–H groups in total. The normalized spacial score (nSPS) is 19.2. The summed E-state index contributed by atoms with van der Waals surface area (Å²) in [6.45, 7) is 0.735. The number of carbonyl (C=O) groups is 1. The van der Waals surface area contributed by atoms with Gasteiger partial charge in [-0.3, -0.25) is 23.5 Å². The number of thiophene rings is 1. The van der Waals surface area contributed by atoms with Gasteiger partial charge >= 0.3 is 0 Å². The van der Waals surface area contributed by atoms with Crippen molar-refractivity contribution in [3.8, 4) is 0 Å². The van der Waals surface area contributed by atoms with Gasteiger partial charge in [0.15, 0.2) is 11.5 Å². The Kier molecular flexibility index (Phi) is 4.75. The number of rotatable bonds is 5. The predicted molar refractivity (Wildman–Crippen MR) is 109 cm³/mol. The highest BCUT2D eigenvalue weighted by Gasteiger charge is 2.38. The van der Waals surface area contributed by atoms with Crippen LogP contribution in [0.4, 0.5) is 0 Å². The Balaban J connectivity index is 1.38. The van der Waals surface area contributed by atoms with E-state index in [0.29, 0.717) is 34.7 Å². The molecule has 0 spiro atoms. The van der Waals surface area contributed by atoms with Crippen LogP contribution < -0.4 is 5.56 Å². The van der Waals surface area contributed by atoms with Crippen LogP contribution in [0.3, 0.4) is 0 Å². The second-order valence-corrected chi connectivity index (χ2v) is 8.05. The third kappa shape index (κ3) is 3.15. The largest absolute Gasteiger partial charge is 0.380 e. The number of aryl methyl sites for hydroxylation is 1. The van der Waals surface area contributed by atoms with Crippen LogP contribution in [0.25, 0.3) is 15.9 Å². The van der Waals surface area contributed by atoms with Crippen molar-refractivity contribution in [3.05, 3.63) is 52.5 Å². The van der Waals surface area contributed by atoms with Gasteiger partial charge in [-0.2, -0.15) is 0 Å². The summed E-state index contributed by atoms with van der Waals surface area (Å²) in [5, 5.41) is 10.9. The van der Waals surface area contributed by atoms with Gasteiger partial charge in [-0.15, -0.1) is 21.5 Å². The van der Waals surface area contributed by atoms with Crippen molar-refractivity contribution in [1.29, 1.82) is 0 Å². The lowest BCUT2D eigenvalue weighted by Crippen LogP contribution is -2.34. The zero-order valence-corrected chi connectivity index (χ0v) is 17.0. The Labute approximate surface area is 174 Å². The van der Waals surface area contributed by atoms with Crippen LogP contribution in [0.2, 0.25) is 0 Å². The van der Waals surface area contributed by atoms with Crippen LogP contribution in [0.1, 0.15) is 24.7 Å². The average Bonchev–Trinajstić information content (AvgIpc) is 3.50. The van der Waals surface area contributed by atoms with Gasteiger partial charge < -0.3 is 9.64 Å². The Bertz CT molecular complexity index is 1280. The summed E-state index contributed by atoms with van der Waals surface area (Å²) in [5.41, 5.74) is 0.500. The lowest BCUT2D eigenvalue weighted by atomic mass is 10.2. The first-order chi connectivity index (χ1) is 14.7. The molecule has 4 aromatic rings. The van der Waals surface area contributed by atoms with Gasteiger partial charge in [-0.1, -0.05) is 0 Å². The molecule has 2 atom stereocenters. The second-order valence-electron chi connectivity index (χ2n) is 7.15. The second kappa shape index (κ2) is 7.58. The van der Waals surface area contributed by atoms with Gasteiger partial charge in [-0.25, -0.2) is 4.98 Å². The van der Waals surface area contributed by atoms with Crippen molar-refractivity contribution in [3.63, 3.8) is 0 Å². The monoisotopic (exact) mass is 425 g/mol. The van der Waals surface area contributed by atoms with Crippen LogP contribution in [0, 0.1) is 0 Å². The molecule has 0 radical (unpaired) electrons. The molecule has 0 saturated carbocycles. The minimum absolute atomic E-state index is 0.0670. The van der Waals surface area contributed by atoms with Gasteiger partial charge in [0.25, 0.3) is 5.56 Å². The molecule has 1 saturated heterocycles. The van der Waals surface area contributed by atoms with E-state index in [9.17, 15) is 9.59 Å². The average molecular weight is 425 g/mol. The van der Waals surface area contributed by atoms with Crippen LogP contribution in [-0.2, 0) is 16.1 Å². The van der Waals surface area contributed by atoms with E-state index in [1.54, 1.807) is 36.7 Å². The van der Waals surface area contributed by atoms with Crippen LogP contribution in [0.5, 0.6) is 0 Å². The van der Waals surface area contributed by atoms with E-state index in [1.165, 1.54) is 22.2 Å². The summed E-state index contributed by atoms with van der Waals surface area (Å²) in [6, 6.07) is 1.51. The quantitative estimate of drug-likeness (QED) is 0.474. The minimum Gasteiger partial charge on any atom is -0.380 e. The summed E-state index contributed by atoms with van der Waals surface area (Å²) < 4.78 is 8.86. The first-order valence-corrected chi connectivity index (χ1v) is 10.4. The van der Waals surface area contributed by atoms with Crippen LogP contribution in [0.15, 0.2) is 41.2 Å². The topological polar surface area (TPSA) is 108 Å². The first kappa shape index (κ1) is 18.8. The maximum absolute atomic E-state index is 13.1. The lowest BCUT2D eigenvalue weighted by Gasteiger charge is -2.23.